The Hall–Kier alpha value is -3.45. The fourth-order valence-corrected chi connectivity index (χ4v) is 3.36. The van der Waals surface area contributed by atoms with E-state index >= 15 is 0 Å². The van der Waals surface area contributed by atoms with Crippen molar-refractivity contribution in [3.8, 4) is 21.8 Å². The number of amides is 1. The van der Waals surface area contributed by atoms with Gasteiger partial charge in [-0.05, 0) is 37.3 Å². The number of nitrogens with one attached hydrogen (secondary N) is 1. The minimum Gasteiger partial charge on any atom is -0.321 e. The number of hydrogen-bond acceptors (Lipinski definition) is 6. The Kier molecular flexibility index (Phi) is 4.67. The maximum Gasteiger partial charge on any atom is 0.275 e. The smallest absolute Gasteiger partial charge is 0.275 e. The summed E-state index contributed by atoms with van der Waals surface area (Å²) in [6.07, 6.45) is 5.16. The number of benzene rings is 1. The van der Waals surface area contributed by atoms with Crippen molar-refractivity contribution in [1.82, 2.24) is 19.9 Å². The summed E-state index contributed by atoms with van der Waals surface area (Å²) in [6.45, 7) is 1.84. The van der Waals surface area contributed by atoms with Crippen LogP contribution < -0.4 is 5.32 Å². The van der Waals surface area contributed by atoms with Crippen molar-refractivity contribution in [3.63, 3.8) is 0 Å². The number of aromatic nitrogens is 4. The molecule has 0 atom stereocenters. The second kappa shape index (κ2) is 7.43. The van der Waals surface area contributed by atoms with Crippen LogP contribution >= 0.6 is 11.3 Å². The summed E-state index contributed by atoms with van der Waals surface area (Å²) in [7, 11) is 0. The average molecular weight is 373 g/mol. The number of carbonyl (C=O) groups excluding carboxylic acids is 1. The standard InChI is InChI=1S/C20H15N5OS/c1-13-22-9-7-17(23-13)14-4-2-6-16(10-14)24-19(26)18-12-27-20(25-18)15-5-3-8-21-11-15/h2-12H,1H3,(H,24,26). The van der Waals surface area contributed by atoms with Crippen LogP contribution in [0.25, 0.3) is 21.8 Å². The lowest BCUT2D eigenvalue weighted by Crippen LogP contribution is -2.12. The highest BCUT2D eigenvalue weighted by atomic mass is 32.1. The predicted octanol–water partition coefficient (Wildman–Crippen LogP) is 4.22. The van der Waals surface area contributed by atoms with E-state index in [9.17, 15) is 4.79 Å². The molecule has 4 rings (SSSR count). The zero-order valence-electron chi connectivity index (χ0n) is 14.5. The van der Waals surface area contributed by atoms with Gasteiger partial charge in [-0.1, -0.05) is 12.1 Å². The molecular weight excluding hydrogens is 358 g/mol. The van der Waals surface area contributed by atoms with Crippen LogP contribution in [0.4, 0.5) is 5.69 Å². The molecule has 0 saturated carbocycles. The van der Waals surface area contributed by atoms with Gasteiger partial charge in [0.1, 0.15) is 16.5 Å². The third kappa shape index (κ3) is 3.88. The highest BCUT2D eigenvalue weighted by Gasteiger charge is 2.13. The van der Waals surface area contributed by atoms with E-state index in [-0.39, 0.29) is 5.91 Å². The maximum atomic E-state index is 12.6. The zero-order valence-corrected chi connectivity index (χ0v) is 15.3. The number of nitrogens with zero attached hydrogens (tertiary/aromatic N) is 4. The van der Waals surface area contributed by atoms with Gasteiger partial charge in [-0.15, -0.1) is 11.3 Å². The molecule has 27 heavy (non-hydrogen) atoms. The third-order valence-corrected chi connectivity index (χ3v) is 4.73. The first-order valence-corrected chi connectivity index (χ1v) is 9.14. The van der Waals surface area contributed by atoms with Crippen molar-refractivity contribution in [2.24, 2.45) is 0 Å². The van der Waals surface area contributed by atoms with Gasteiger partial charge in [0.05, 0.1) is 5.69 Å². The minimum atomic E-state index is -0.252. The van der Waals surface area contributed by atoms with E-state index in [4.69, 9.17) is 0 Å². The molecule has 0 aliphatic rings. The number of thiazole rings is 1. The number of anilines is 1. The Bertz CT molecular complexity index is 1090. The van der Waals surface area contributed by atoms with E-state index in [0.29, 0.717) is 17.2 Å². The molecule has 0 unspecified atom stereocenters. The van der Waals surface area contributed by atoms with Gasteiger partial charge in [0.2, 0.25) is 0 Å². The number of rotatable bonds is 4. The van der Waals surface area contributed by atoms with E-state index in [0.717, 1.165) is 21.8 Å². The lowest BCUT2D eigenvalue weighted by atomic mass is 10.1. The molecule has 0 fully saturated rings. The van der Waals surface area contributed by atoms with Crippen LogP contribution in [0.15, 0.2) is 66.4 Å². The normalized spacial score (nSPS) is 10.6. The van der Waals surface area contributed by atoms with Crippen molar-refractivity contribution in [3.05, 3.63) is 78.0 Å². The molecule has 1 N–H and O–H groups in total. The summed E-state index contributed by atoms with van der Waals surface area (Å²) in [5.41, 5.74) is 3.67. The van der Waals surface area contributed by atoms with E-state index < -0.39 is 0 Å². The molecule has 0 aliphatic carbocycles. The van der Waals surface area contributed by atoms with Gasteiger partial charge in [-0.25, -0.2) is 15.0 Å². The molecule has 3 heterocycles. The van der Waals surface area contributed by atoms with Gasteiger partial charge < -0.3 is 5.32 Å². The molecule has 0 spiro atoms. The Labute approximate surface area is 160 Å². The molecule has 4 aromatic rings. The molecule has 1 amide bonds. The van der Waals surface area contributed by atoms with Crippen LogP contribution in [0.2, 0.25) is 0 Å². The van der Waals surface area contributed by atoms with E-state index in [1.165, 1.54) is 11.3 Å². The van der Waals surface area contributed by atoms with Gasteiger partial charge >= 0.3 is 0 Å². The topological polar surface area (TPSA) is 80.7 Å². The molecular formula is C20H15N5OS. The van der Waals surface area contributed by atoms with Gasteiger partial charge in [0.15, 0.2) is 0 Å². The van der Waals surface area contributed by atoms with E-state index in [2.05, 4.69) is 25.3 Å². The van der Waals surface area contributed by atoms with Crippen molar-refractivity contribution in [2.75, 3.05) is 5.32 Å². The molecule has 0 radical (unpaired) electrons. The van der Waals surface area contributed by atoms with Crippen LogP contribution in [0, 0.1) is 6.92 Å². The molecule has 0 bridgehead atoms. The SMILES string of the molecule is Cc1nccc(-c2cccc(NC(=O)c3csc(-c4cccnc4)n3)c2)n1. The maximum absolute atomic E-state index is 12.6. The predicted molar refractivity (Wildman–Crippen MR) is 106 cm³/mol. The number of hydrogen-bond donors (Lipinski definition) is 1. The molecule has 0 aliphatic heterocycles. The second-order valence-electron chi connectivity index (χ2n) is 5.80. The molecule has 6 nitrogen and oxygen atoms in total. The number of aryl methyl sites for hydroxylation is 1. The third-order valence-electron chi connectivity index (χ3n) is 3.84. The van der Waals surface area contributed by atoms with Crippen LogP contribution in [0.3, 0.4) is 0 Å². The van der Waals surface area contributed by atoms with Gasteiger partial charge in [0.25, 0.3) is 5.91 Å². The first kappa shape index (κ1) is 17.0. The summed E-state index contributed by atoms with van der Waals surface area (Å²) in [5.74, 6) is 0.449. The Morgan fingerprint density at radius 3 is 2.74 bits per heavy atom. The van der Waals surface area contributed by atoms with Gasteiger partial charge in [-0.2, -0.15) is 0 Å². The first-order chi connectivity index (χ1) is 13.2. The van der Waals surface area contributed by atoms with Crippen molar-refractivity contribution in [2.45, 2.75) is 6.92 Å². The summed E-state index contributed by atoms with van der Waals surface area (Å²) in [6, 6.07) is 13.1. The quantitative estimate of drug-likeness (QED) is 0.579. The van der Waals surface area contributed by atoms with Crippen molar-refractivity contribution < 1.29 is 4.79 Å². The van der Waals surface area contributed by atoms with E-state index in [1.54, 1.807) is 24.0 Å². The Morgan fingerprint density at radius 1 is 1.04 bits per heavy atom. The minimum absolute atomic E-state index is 0.252. The molecule has 7 heteroatoms. The van der Waals surface area contributed by atoms with Gasteiger partial charge in [0, 0.05) is 40.8 Å². The highest BCUT2D eigenvalue weighted by molar-refractivity contribution is 7.13. The first-order valence-electron chi connectivity index (χ1n) is 8.26. The Morgan fingerprint density at radius 2 is 1.93 bits per heavy atom. The zero-order chi connectivity index (χ0) is 18.6. The fraction of sp³-hybridized carbons (Fsp3) is 0.0500. The van der Waals surface area contributed by atoms with Crippen LogP contribution in [-0.4, -0.2) is 25.8 Å². The lowest BCUT2D eigenvalue weighted by molar-refractivity contribution is 0.102. The summed E-state index contributed by atoms with van der Waals surface area (Å²) >= 11 is 1.41. The van der Waals surface area contributed by atoms with E-state index in [1.807, 2.05) is 49.4 Å². The molecule has 0 saturated heterocycles. The second-order valence-corrected chi connectivity index (χ2v) is 6.66. The lowest BCUT2D eigenvalue weighted by Gasteiger charge is -2.06. The number of pyridine rings is 1. The monoisotopic (exact) mass is 373 g/mol. The van der Waals surface area contributed by atoms with Crippen molar-refractivity contribution >= 4 is 22.9 Å². The highest BCUT2D eigenvalue weighted by Crippen LogP contribution is 2.24. The average Bonchev–Trinajstić information content (AvgIpc) is 3.19. The van der Waals surface area contributed by atoms with Crippen LogP contribution in [0.5, 0.6) is 0 Å². The molecule has 3 aromatic heterocycles. The largest absolute Gasteiger partial charge is 0.321 e. The molecule has 132 valence electrons. The summed E-state index contributed by atoms with van der Waals surface area (Å²) in [4.78, 5) is 29.6. The van der Waals surface area contributed by atoms with Crippen LogP contribution in [-0.2, 0) is 0 Å². The van der Waals surface area contributed by atoms with Crippen LogP contribution in [0.1, 0.15) is 16.3 Å². The molecule has 1 aromatic carbocycles. The Balaban J connectivity index is 1.54. The summed E-state index contributed by atoms with van der Waals surface area (Å²) in [5, 5.41) is 5.40. The fourth-order valence-electron chi connectivity index (χ4n) is 2.57. The number of carbonyl (C=O) groups is 1. The summed E-state index contributed by atoms with van der Waals surface area (Å²) < 4.78 is 0. The van der Waals surface area contributed by atoms with Crippen molar-refractivity contribution in [1.29, 1.82) is 0 Å². The van der Waals surface area contributed by atoms with Gasteiger partial charge in [-0.3, -0.25) is 9.78 Å².